The fraction of sp³-hybridized carbons (Fsp3) is 0.391. The molecular weight excluding hydrogens is 370 g/mol. The molecule has 0 aliphatic carbocycles. The highest BCUT2D eigenvalue weighted by Gasteiger charge is 2.40. The summed E-state index contributed by atoms with van der Waals surface area (Å²) in [6.07, 6.45) is 0.351. The fourth-order valence-electron chi connectivity index (χ4n) is 3.35. The van der Waals surface area contributed by atoms with Crippen LogP contribution in [0.5, 0.6) is 11.5 Å². The maximum atomic E-state index is 13.1. The van der Waals surface area contributed by atoms with Crippen molar-refractivity contribution in [1.82, 2.24) is 5.32 Å². The van der Waals surface area contributed by atoms with Gasteiger partial charge in [0, 0.05) is 6.54 Å². The molecule has 2 rings (SSSR count). The van der Waals surface area contributed by atoms with Crippen molar-refractivity contribution in [2.45, 2.75) is 38.0 Å². The van der Waals surface area contributed by atoms with Crippen molar-refractivity contribution in [2.75, 3.05) is 20.8 Å². The first-order valence-electron chi connectivity index (χ1n) is 9.52. The Bertz CT molecular complexity index is 863. The van der Waals surface area contributed by atoms with Gasteiger partial charge in [-0.2, -0.15) is 0 Å². The van der Waals surface area contributed by atoms with Gasteiger partial charge in [-0.3, -0.25) is 9.59 Å². The predicted octanol–water partition coefficient (Wildman–Crippen LogP) is 3.53. The van der Waals surface area contributed by atoms with E-state index in [1.807, 2.05) is 19.1 Å². The van der Waals surface area contributed by atoms with Crippen LogP contribution in [-0.2, 0) is 20.4 Å². The molecular formula is C23H29NO5. The van der Waals surface area contributed by atoms with Crippen LogP contribution in [0.4, 0.5) is 0 Å². The molecule has 156 valence electrons. The van der Waals surface area contributed by atoms with Crippen molar-refractivity contribution in [2.24, 2.45) is 0 Å². The minimum Gasteiger partial charge on any atom is -0.493 e. The number of carbonyl (C=O) groups is 2. The lowest BCUT2D eigenvalue weighted by atomic mass is 9.77. The van der Waals surface area contributed by atoms with Crippen LogP contribution in [0.1, 0.15) is 38.3 Å². The summed E-state index contributed by atoms with van der Waals surface area (Å²) in [5.41, 5.74) is -0.678. The molecule has 0 radical (unpaired) electrons. The third kappa shape index (κ3) is 4.36. The molecule has 0 heterocycles. The van der Waals surface area contributed by atoms with Crippen molar-refractivity contribution in [3.8, 4) is 11.5 Å². The van der Waals surface area contributed by atoms with Gasteiger partial charge in [0.05, 0.1) is 19.6 Å². The Morgan fingerprint density at radius 3 is 2.10 bits per heavy atom. The normalized spacial score (nSPS) is 13.3. The standard InChI is InChI=1S/C23H29NO5/c1-6-23(21(26)27,16-10-8-7-9-11-16)15-24-20(25)22(2,3)17-12-13-18(28-4)19(14-17)29-5/h7-14H,6,15H2,1-5H3,(H,24,25)(H,26,27). The number of aliphatic carboxylic acids is 1. The number of methoxy groups -OCH3 is 2. The maximum Gasteiger partial charge on any atom is 0.315 e. The van der Waals surface area contributed by atoms with Gasteiger partial charge in [-0.1, -0.05) is 43.3 Å². The van der Waals surface area contributed by atoms with E-state index in [0.717, 1.165) is 5.56 Å². The number of nitrogens with one attached hydrogen (secondary N) is 1. The lowest BCUT2D eigenvalue weighted by molar-refractivity contribution is -0.144. The largest absolute Gasteiger partial charge is 0.493 e. The van der Waals surface area contributed by atoms with Crippen molar-refractivity contribution < 1.29 is 24.2 Å². The highest BCUT2D eigenvalue weighted by Crippen LogP contribution is 2.34. The Morgan fingerprint density at radius 1 is 0.966 bits per heavy atom. The summed E-state index contributed by atoms with van der Waals surface area (Å²) in [6.45, 7) is 5.39. The zero-order valence-corrected chi connectivity index (χ0v) is 17.6. The molecule has 1 amide bonds. The molecule has 0 aromatic heterocycles. The van der Waals surface area contributed by atoms with E-state index in [9.17, 15) is 14.7 Å². The van der Waals surface area contributed by atoms with Gasteiger partial charge >= 0.3 is 5.97 Å². The van der Waals surface area contributed by atoms with Crippen LogP contribution in [0.2, 0.25) is 0 Å². The van der Waals surface area contributed by atoms with Gasteiger partial charge in [-0.05, 0) is 43.5 Å². The van der Waals surface area contributed by atoms with Gasteiger partial charge in [0.25, 0.3) is 0 Å². The Balaban J connectivity index is 2.28. The van der Waals surface area contributed by atoms with Gasteiger partial charge in [0.15, 0.2) is 11.5 Å². The summed E-state index contributed by atoms with van der Waals surface area (Å²) in [5.74, 6) is -0.119. The monoisotopic (exact) mass is 399 g/mol. The molecule has 0 saturated carbocycles. The van der Waals surface area contributed by atoms with Crippen LogP contribution in [0.25, 0.3) is 0 Å². The number of benzene rings is 2. The van der Waals surface area contributed by atoms with Crippen LogP contribution in [0, 0.1) is 0 Å². The highest BCUT2D eigenvalue weighted by molar-refractivity contribution is 5.89. The number of carbonyl (C=O) groups excluding carboxylic acids is 1. The molecule has 1 atom stereocenters. The maximum absolute atomic E-state index is 13.1. The Labute approximate surface area is 171 Å². The SMILES string of the molecule is CCC(CNC(=O)C(C)(C)c1ccc(OC)c(OC)c1)(C(=O)O)c1ccccc1. The summed E-state index contributed by atoms with van der Waals surface area (Å²) < 4.78 is 10.6. The molecule has 0 spiro atoms. The molecule has 0 bridgehead atoms. The lowest BCUT2D eigenvalue weighted by Gasteiger charge is -2.32. The van der Waals surface area contributed by atoms with Gasteiger partial charge in [-0.15, -0.1) is 0 Å². The Morgan fingerprint density at radius 2 is 1.59 bits per heavy atom. The summed E-state index contributed by atoms with van der Waals surface area (Å²) in [5, 5.41) is 12.8. The van der Waals surface area contributed by atoms with Gasteiger partial charge < -0.3 is 19.9 Å². The van der Waals surface area contributed by atoms with Crippen molar-refractivity contribution in [3.63, 3.8) is 0 Å². The molecule has 0 aliphatic heterocycles. The summed E-state index contributed by atoms with van der Waals surface area (Å²) in [6, 6.07) is 14.3. The van der Waals surface area contributed by atoms with Gasteiger partial charge in [0.2, 0.25) is 5.91 Å². The smallest absolute Gasteiger partial charge is 0.315 e. The van der Waals surface area contributed by atoms with E-state index in [2.05, 4.69) is 5.32 Å². The number of carboxylic acid groups (broad SMARTS) is 1. The van der Waals surface area contributed by atoms with Gasteiger partial charge in [0.1, 0.15) is 5.41 Å². The number of hydrogen-bond donors (Lipinski definition) is 2. The van der Waals surface area contributed by atoms with Crippen LogP contribution < -0.4 is 14.8 Å². The second-order valence-corrected chi connectivity index (χ2v) is 7.48. The number of amides is 1. The van der Waals surface area contributed by atoms with Crippen LogP contribution >= 0.6 is 0 Å². The third-order valence-electron chi connectivity index (χ3n) is 5.56. The quantitative estimate of drug-likeness (QED) is 0.674. The molecule has 6 heteroatoms. The molecule has 0 aliphatic rings. The predicted molar refractivity (Wildman–Crippen MR) is 112 cm³/mol. The van der Waals surface area contributed by atoms with E-state index in [0.29, 0.717) is 23.5 Å². The van der Waals surface area contributed by atoms with E-state index < -0.39 is 16.8 Å². The molecule has 6 nitrogen and oxygen atoms in total. The first-order chi connectivity index (χ1) is 13.7. The van der Waals surface area contributed by atoms with Crippen molar-refractivity contribution in [1.29, 1.82) is 0 Å². The second-order valence-electron chi connectivity index (χ2n) is 7.48. The topological polar surface area (TPSA) is 84.9 Å². The summed E-state index contributed by atoms with van der Waals surface area (Å²) >= 11 is 0. The molecule has 1 unspecified atom stereocenters. The molecule has 0 fully saturated rings. The van der Waals surface area contributed by atoms with Crippen LogP contribution in [-0.4, -0.2) is 37.7 Å². The zero-order chi connectivity index (χ0) is 21.7. The van der Waals surface area contributed by atoms with E-state index >= 15 is 0 Å². The van der Waals surface area contributed by atoms with E-state index in [-0.39, 0.29) is 12.5 Å². The van der Waals surface area contributed by atoms with Crippen molar-refractivity contribution in [3.05, 3.63) is 59.7 Å². The summed E-state index contributed by atoms with van der Waals surface area (Å²) in [4.78, 5) is 25.2. The number of carboxylic acids is 1. The van der Waals surface area contributed by atoms with E-state index in [1.165, 1.54) is 7.11 Å². The second kappa shape index (κ2) is 8.99. The molecule has 2 aromatic rings. The minimum atomic E-state index is -1.19. The molecule has 29 heavy (non-hydrogen) atoms. The number of hydrogen-bond acceptors (Lipinski definition) is 4. The highest BCUT2D eigenvalue weighted by atomic mass is 16.5. The molecule has 2 aromatic carbocycles. The Hall–Kier alpha value is -3.02. The van der Waals surface area contributed by atoms with Crippen LogP contribution in [0.15, 0.2) is 48.5 Å². The average molecular weight is 399 g/mol. The number of ether oxygens (including phenoxy) is 2. The van der Waals surface area contributed by atoms with Crippen molar-refractivity contribution >= 4 is 11.9 Å². The first-order valence-corrected chi connectivity index (χ1v) is 9.52. The lowest BCUT2D eigenvalue weighted by Crippen LogP contribution is -2.50. The number of rotatable bonds is 9. The Kier molecular flexibility index (Phi) is 6.90. The first kappa shape index (κ1) is 22.3. The zero-order valence-electron chi connectivity index (χ0n) is 17.6. The third-order valence-corrected chi connectivity index (χ3v) is 5.56. The molecule has 0 saturated heterocycles. The average Bonchev–Trinajstić information content (AvgIpc) is 2.74. The minimum absolute atomic E-state index is 0.00159. The van der Waals surface area contributed by atoms with E-state index in [1.54, 1.807) is 57.4 Å². The summed E-state index contributed by atoms with van der Waals surface area (Å²) in [7, 11) is 3.09. The van der Waals surface area contributed by atoms with Crippen LogP contribution in [0.3, 0.4) is 0 Å². The van der Waals surface area contributed by atoms with E-state index in [4.69, 9.17) is 9.47 Å². The van der Waals surface area contributed by atoms with Gasteiger partial charge in [-0.25, -0.2) is 0 Å². The fourth-order valence-corrected chi connectivity index (χ4v) is 3.35. The molecule has 2 N–H and O–H groups in total.